The van der Waals surface area contributed by atoms with Crippen LogP contribution in [0, 0.1) is 11.8 Å². The number of nitrogens with zero attached hydrogens (tertiary/aromatic N) is 5. The van der Waals surface area contributed by atoms with Crippen molar-refractivity contribution in [1.29, 1.82) is 0 Å². The van der Waals surface area contributed by atoms with E-state index in [1.165, 1.54) is 0 Å². The maximum absolute atomic E-state index is 13.8. The van der Waals surface area contributed by atoms with Gasteiger partial charge >= 0.3 is 0 Å². The Morgan fingerprint density at radius 1 is 1.05 bits per heavy atom. The number of methoxy groups -OCH3 is 1. The van der Waals surface area contributed by atoms with Crippen LogP contribution in [0.15, 0.2) is 42.5 Å². The zero-order valence-corrected chi connectivity index (χ0v) is 26.4. The van der Waals surface area contributed by atoms with Gasteiger partial charge in [-0.25, -0.2) is 4.68 Å². The van der Waals surface area contributed by atoms with Gasteiger partial charge in [0.15, 0.2) is 5.78 Å². The van der Waals surface area contributed by atoms with Crippen molar-refractivity contribution in [1.82, 2.24) is 24.8 Å². The molecule has 3 aromatic rings. The molecule has 2 saturated heterocycles. The molecular formula is C34H46N6O4. The van der Waals surface area contributed by atoms with Crippen LogP contribution in [-0.2, 0) is 34.3 Å². The van der Waals surface area contributed by atoms with E-state index >= 15 is 0 Å². The molecule has 0 aliphatic carbocycles. The van der Waals surface area contributed by atoms with Crippen LogP contribution in [-0.4, -0.2) is 80.7 Å². The number of nitrogens with two attached hydrogens (primary N) is 1. The number of hydrogen-bond donors (Lipinski definition) is 1. The number of Topliss-reactive ketones (excluding diaryl/α,β-unsaturated/α-hetero) is 1. The minimum atomic E-state index is -0.826. The zero-order chi connectivity index (χ0) is 31.4. The lowest BCUT2D eigenvalue weighted by atomic mass is 9.94. The van der Waals surface area contributed by atoms with Crippen molar-refractivity contribution in [2.75, 3.05) is 20.2 Å². The van der Waals surface area contributed by atoms with E-state index in [-0.39, 0.29) is 42.4 Å². The van der Waals surface area contributed by atoms with Gasteiger partial charge in [-0.15, -0.1) is 5.10 Å². The molecule has 2 fully saturated rings. The van der Waals surface area contributed by atoms with E-state index in [1.54, 1.807) is 16.7 Å². The van der Waals surface area contributed by atoms with Gasteiger partial charge in [-0.2, -0.15) is 0 Å². The largest absolute Gasteiger partial charge is 0.497 e. The maximum atomic E-state index is 13.8. The first kappa shape index (κ1) is 31.6. The van der Waals surface area contributed by atoms with Gasteiger partial charge < -0.3 is 20.3 Å². The van der Waals surface area contributed by atoms with Gasteiger partial charge in [0.25, 0.3) is 0 Å². The lowest BCUT2D eigenvalue weighted by Gasteiger charge is -2.29. The molecule has 0 bridgehead atoms. The van der Waals surface area contributed by atoms with Crippen LogP contribution in [0.1, 0.15) is 63.5 Å². The fourth-order valence-corrected chi connectivity index (χ4v) is 6.94. The second-order valence-electron chi connectivity index (χ2n) is 12.8. The fourth-order valence-electron chi connectivity index (χ4n) is 6.94. The molecule has 0 unspecified atom stereocenters. The highest BCUT2D eigenvalue weighted by Gasteiger charge is 2.41. The second kappa shape index (κ2) is 13.9. The van der Waals surface area contributed by atoms with E-state index < -0.39 is 12.1 Å². The van der Waals surface area contributed by atoms with Crippen LogP contribution < -0.4 is 10.5 Å². The minimum absolute atomic E-state index is 0.0370. The third-order valence-electron chi connectivity index (χ3n) is 9.44. The molecule has 10 nitrogen and oxygen atoms in total. The first-order chi connectivity index (χ1) is 21.1. The Morgan fingerprint density at radius 2 is 1.80 bits per heavy atom. The number of likely N-dealkylation sites (tertiary alicyclic amines) is 2. The Balaban J connectivity index is 1.25. The topological polar surface area (TPSA) is 124 Å². The molecule has 44 heavy (non-hydrogen) atoms. The Hall–Kier alpha value is -3.79. The third-order valence-corrected chi connectivity index (χ3v) is 9.44. The van der Waals surface area contributed by atoms with Gasteiger partial charge in [0, 0.05) is 39.0 Å². The first-order valence-electron chi connectivity index (χ1n) is 15.9. The summed E-state index contributed by atoms with van der Waals surface area (Å²) in [4.78, 5) is 44.2. The van der Waals surface area contributed by atoms with Crippen LogP contribution in [0.5, 0.6) is 5.75 Å². The summed E-state index contributed by atoms with van der Waals surface area (Å²) >= 11 is 0. The van der Waals surface area contributed by atoms with E-state index in [0.717, 1.165) is 53.7 Å². The quantitative estimate of drug-likeness (QED) is 0.335. The summed E-state index contributed by atoms with van der Waals surface area (Å²) in [5.74, 6) is 1.18. The van der Waals surface area contributed by atoms with Gasteiger partial charge in [0.1, 0.15) is 11.3 Å². The number of carbonyl (C=O) groups excluding carboxylic acids is 3. The molecule has 10 heteroatoms. The highest BCUT2D eigenvalue weighted by atomic mass is 16.5. The van der Waals surface area contributed by atoms with Crippen molar-refractivity contribution in [2.45, 2.75) is 83.3 Å². The van der Waals surface area contributed by atoms with Gasteiger partial charge in [-0.05, 0) is 85.8 Å². The molecule has 3 heterocycles. The summed E-state index contributed by atoms with van der Waals surface area (Å²) < 4.78 is 7.02. The number of carbonyl (C=O) groups is 3. The highest BCUT2D eigenvalue weighted by Crippen LogP contribution is 2.30. The number of ether oxygens (including phenoxy) is 1. The predicted molar refractivity (Wildman–Crippen MR) is 169 cm³/mol. The highest BCUT2D eigenvalue weighted by molar-refractivity contribution is 5.92. The Morgan fingerprint density at radius 3 is 2.52 bits per heavy atom. The van der Waals surface area contributed by atoms with Gasteiger partial charge in [-0.1, -0.05) is 37.3 Å². The minimum Gasteiger partial charge on any atom is -0.497 e. The normalized spacial score (nSPS) is 20.9. The van der Waals surface area contributed by atoms with Crippen LogP contribution in [0.2, 0.25) is 0 Å². The average molecular weight is 603 g/mol. The second-order valence-corrected chi connectivity index (χ2v) is 12.8. The number of amides is 2. The van der Waals surface area contributed by atoms with Crippen molar-refractivity contribution in [2.24, 2.45) is 24.6 Å². The molecule has 2 aliphatic rings. The van der Waals surface area contributed by atoms with Gasteiger partial charge in [0.05, 0.1) is 24.7 Å². The molecule has 4 atom stereocenters. The van der Waals surface area contributed by atoms with Crippen molar-refractivity contribution in [3.63, 3.8) is 0 Å². The van der Waals surface area contributed by atoms with Crippen molar-refractivity contribution in [3.8, 4) is 5.75 Å². The van der Waals surface area contributed by atoms with Crippen molar-refractivity contribution < 1.29 is 19.1 Å². The monoisotopic (exact) mass is 602 g/mol. The van der Waals surface area contributed by atoms with Crippen LogP contribution in [0.3, 0.4) is 0 Å². The predicted octanol–water partition coefficient (Wildman–Crippen LogP) is 3.69. The molecule has 0 radical (unpaired) electrons. The summed E-state index contributed by atoms with van der Waals surface area (Å²) in [5, 5.41) is 8.26. The fraction of sp³-hybridized carbons (Fsp3) is 0.559. The summed E-state index contributed by atoms with van der Waals surface area (Å²) in [6.07, 6.45) is 4.76. The number of fused-ring (bicyclic) bond motifs is 1. The molecule has 2 aliphatic heterocycles. The first-order valence-corrected chi connectivity index (χ1v) is 15.9. The number of aryl methyl sites for hydroxylation is 2. The van der Waals surface area contributed by atoms with E-state index in [0.29, 0.717) is 31.7 Å². The summed E-state index contributed by atoms with van der Waals surface area (Å²) in [7, 11) is 3.49. The smallest absolute Gasteiger partial charge is 0.240 e. The molecular weight excluding hydrogens is 556 g/mol. The molecule has 2 amide bonds. The molecule has 236 valence electrons. The van der Waals surface area contributed by atoms with Crippen LogP contribution in [0.25, 0.3) is 11.0 Å². The van der Waals surface area contributed by atoms with Gasteiger partial charge in [-0.3, -0.25) is 14.4 Å². The van der Waals surface area contributed by atoms with E-state index in [9.17, 15) is 14.4 Å². The molecule has 0 spiro atoms. The number of benzene rings is 2. The summed E-state index contributed by atoms with van der Waals surface area (Å²) in [6.45, 7) is 5.53. The Kier molecular flexibility index (Phi) is 9.98. The number of hydrogen-bond acceptors (Lipinski definition) is 7. The number of aromatic nitrogens is 3. The van der Waals surface area contributed by atoms with Crippen molar-refractivity contribution >= 4 is 28.6 Å². The third kappa shape index (κ3) is 7.12. The standard InChI is InChI=1S/C34H46N6O4/c1-22(2)29-6-5-17-39(29)33(42)16-13-27(35)34(43)40-21-25(18-23-7-11-26(44-4)12-8-23)20-31(40)32(41)15-10-24-9-14-30-28(19-24)36-37-38(30)3/h7-9,11-12,14,19,22,25,27,29,31H,5-6,10,13,15-18,20-21,35H2,1-4H3/t25-,27-,29+,31+/m1/s1. The van der Waals surface area contributed by atoms with Crippen LogP contribution in [0.4, 0.5) is 0 Å². The molecule has 2 N–H and O–H groups in total. The maximum Gasteiger partial charge on any atom is 0.240 e. The number of ketones is 1. The summed E-state index contributed by atoms with van der Waals surface area (Å²) in [5.41, 5.74) is 10.3. The Bertz CT molecular complexity index is 1470. The molecule has 5 rings (SSSR count). The molecule has 1 aromatic heterocycles. The average Bonchev–Trinajstić information content (AvgIpc) is 3.77. The lowest BCUT2D eigenvalue weighted by molar-refractivity contribution is -0.139. The van der Waals surface area contributed by atoms with E-state index in [1.807, 2.05) is 54.4 Å². The van der Waals surface area contributed by atoms with Crippen LogP contribution >= 0.6 is 0 Å². The van der Waals surface area contributed by atoms with E-state index in [4.69, 9.17) is 10.5 Å². The van der Waals surface area contributed by atoms with Gasteiger partial charge in [0.2, 0.25) is 11.8 Å². The number of rotatable bonds is 12. The summed E-state index contributed by atoms with van der Waals surface area (Å²) in [6, 6.07) is 12.8. The van der Waals surface area contributed by atoms with E-state index in [2.05, 4.69) is 24.2 Å². The zero-order valence-electron chi connectivity index (χ0n) is 26.4. The Labute approximate surface area is 259 Å². The molecule has 0 saturated carbocycles. The SMILES string of the molecule is COc1ccc(C[C@@H]2C[C@@H](C(=O)CCc3ccc4c(c3)nnn4C)N(C(=O)[C@H](N)CCC(=O)N3CCC[C@H]3C(C)C)C2)cc1. The molecule has 2 aromatic carbocycles. The lowest BCUT2D eigenvalue weighted by Crippen LogP contribution is -2.49. The van der Waals surface area contributed by atoms with Crippen molar-refractivity contribution in [3.05, 3.63) is 53.6 Å².